The summed E-state index contributed by atoms with van der Waals surface area (Å²) in [5, 5.41) is 2.55. The molecule has 1 N–H and O–H groups in total. The fourth-order valence-corrected chi connectivity index (χ4v) is 4.38. The Morgan fingerprint density at radius 1 is 0.911 bits per heavy atom. The normalized spacial score (nSPS) is 12.6. The molecule has 0 unspecified atom stereocenters. The first-order valence-electron chi connectivity index (χ1n) is 14.0. The number of amides is 1. The lowest BCUT2D eigenvalue weighted by Gasteiger charge is -2.27. The first-order chi connectivity index (χ1) is 21.7. The molecule has 0 aliphatic rings. The van der Waals surface area contributed by atoms with Crippen LogP contribution >= 0.6 is 0 Å². The molecule has 0 aliphatic heterocycles. The van der Waals surface area contributed by atoms with Crippen LogP contribution < -0.4 is 19.5 Å². The van der Waals surface area contributed by atoms with Crippen molar-refractivity contribution in [2.24, 2.45) is 0 Å². The Kier molecular flexibility index (Phi) is 11.1. The van der Waals surface area contributed by atoms with Gasteiger partial charge in [0.25, 0.3) is 5.91 Å². The predicted molar refractivity (Wildman–Crippen MR) is 162 cm³/mol. The summed E-state index contributed by atoms with van der Waals surface area (Å²) in [5.41, 5.74) is 2.39. The van der Waals surface area contributed by atoms with Crippen molar-refractivity contribution < 1.29 is 42.5 Å². The summed E-state index contributed by atoms with van der Waals surface area (Å²) >= 11 is 0. The summed E-state index contributed by atoms with van der Waals surface area (Å²) in [7, 11) is 1.37. The summed E-state index contributed by atoms with van der Waals surface area (Å²) in [4.78, 5) is 41.6. The van der Waals surface area contributed by atoms with Gasteiger partial charge in [0.2, 0.25) is 6.79 Å². The fourth-order valence-electron chi connectivity index (χ4n) is 4.38. The van der Waals surface area contributed by atoms with Gasteiger partial charge < -0.3 is 29.0 Å². The smallest absolute Gasteiger partial charge is 0.328 e. The van der Waals surface area contributed by atoms with Crippen LogP contribution in [0.15, 0.2) is 91.1 Å². The summed E-state index contributed by atoms with van der Waals surface area (Å²) in [6.45, 7) is 3.82. The van der Waals surface area contributed by atoms with Gasteiger partial charge in [0.05, 0.1) is 7.11 Å². The number of benzene rings is 3. The molecule has 0 saturated heterocycles. The van der Waals surface area contributed by atoms with E-state index in [0.717, 1.165) is 11.1 Å². The van der Waals surface area contributed by atoms with Crippen LogP contribution in [0.4, 0.5) is 4.39 Å². The number of hydrogen-bond acceptors (Lipinski definition) is 9. The van der Waals surface area contributed by atoms with Gasteiger partial charge in [-0.2, -0.15) is 0 Å². The van der Waals surface area contributed by atoms with E-state index in [1.54, 1.807) is 13.0 Å². The first kappa shape index (κ1) is 32.5. The van der Waals surface area contributed by atoms with Crippen molar-refractivity contribution in [3.63, 3.8) is 0 Å². The Morgan fingerprint density at radius 3 is 2.36 bits per heavy atom. The molecule has 4 rings (SSSR count). The Bertz CT molecular complexity index is 1630. The van der Waals surface area contributed by atoms with E-state index >= 15 is 0 Å². The zero-order chi connectivity index (χ0) is 32.3. The fraction of sp³-hybridized carbons (Fsp3) is 0.235. The minimum absolute atomic E-state index is 0.0745. The van der Waals surface area contributed by atoms with Crippen LogP contribution in [0.3, 0.4) is 0 Å². The van der Waals surface area contributed by atoms with Crippen molar-refractivity contribution >= 4 is 17.8 Å². The number of ether oxygens (including phenoxy) is 5. The topological polar surface area (TPSA) is 122 Å². The van der Waals surface area contributed by atoms with E-state index in [4.69, 9.17) is 23.7 Å². The molecule has 11 heteroatoms. The van der Waals surface area contributed by atoms with Crippen LogP contribution in [0, 0.1) is 5.82 Å². The summed E-state index contributed by atoms with van der Waals surface area (Å²) in [5.74, 6) is -2.23. The molecule has 0 bridgehead atoms. The largest absolute Gasteiger partial charge is 0.493 e. The number of aromatic nitrogens is 1. The quantitative estimate of drug-likeness (QED) is 0.150. The van der Waals surface area contributed by atoms with Gasteiger partial charge in [-0.3, -0.25) is 9.59 Å². The molecule has 3 aromatic carbocycles. The number of nitrogens with one attached hydrogen (secondary N) is 1. The van der Waals surface area contributed by atoms with Crippen LogP contribution in [-0.4, -0.2) is 48.9 Å². The molecule has 0 spiro atoms. The molecule has 3 atom stereocenters. The van der Waals surface area contributed by atoms with Crippen molar-refractivity contribution in [1.29, 1.82) is 0 Å². The van der Waals surface area contributed by atoms with Crippen LogP contribution in [-0.2, 0) is 19.1 Å². The molecule has 4 aromatic rings. The summed E-state index contributed by atoms with van der Waals surface area (Å²) < 4.78 is 41.4. The van der Waals surface area contributed by atoms with E-state index in [2.05, 4.69) is 10.3 Å². The molecular weight excluding hydrogens is 583 g/mol. The maximum Gasteiger partial charge on any atom is 0.328 e. The Balaban J connectivity index is 1.52. The minimum atomic E-state index is -1.13. The molecule has 0 aliphatic carbocycles. The lowest BCUT2D eigenvalue weighted by Crippen LogP contribution is -2.42. The third kappa shape index (κ3) is 8.79. The van der Waals surface area contributed by atoms with Gasteiger partial charge in [-0.1, -0.05) is 54.6 Å². The number of halogens is 1. The average molecular weight is 617 g/mol. The molecule has 45 heavy (non-hydrogen) atoms. The molecule has 0 fully saturated rings. The third-order valence-corrected chi connectivity index (χ3v) is 6.58. The minimum Gasteiger partial charge on any atom is -0.493 e. The van der Waals surface area contributed by atoms with Crippen LogP contribution in [0.2, 0.25) is 0 Å². The Hall–Kier alpha value is -5.45. The second-order valence-corrected chi connectivity index (χ2v) is 9.91. The first-order valence-corrected chi connectivity index (χ1v) is 14.0. The highest BCUT2D eigenvalue weighted by atomic mass is 19.1. The maximum absolute atomic E-state index is 14.0. The van der Waals surface area contributed by atoms with Gasteiger partial charge >= 0.3 is 11.9 Å². The monoisotopic (exact) mass is 616 g/mol. The van der Waals surface area contributed by atoms with Gasteiger partial charge in [-0.15, -0.1) is 0 Å². The van der Waals surface area contributed by atoms with Gasteiger partial charge in [0, 0.05) is 25.3 Å². The van der Waals surface area contributed by atoms with Crippen molar-refractivity contribution in [2.75, 3.05) is 13.9 Å². The number of carbonyl (C=O) groups excluding carboxylic acids is 3. The van der Waals surface area contributed by atoms with Crippen LogP contribution in [0.25, 0.3) is 11.1 Å². The number of pyridine rings is 1. The van der Waals surface area contributed by atoms with Gasteiger partial charge in [-0.25, -0.2) is 14.2 Å². The number of esters is 2. The van der Waals surface area contributed by atoms with E-state index in [9.17, 15) is 18.8 Å². The number of nitrogens with zero attached hydrogens (tertiary/aromatic N) is 1. The Morgan fingerprint density at radius 2 is 1.64 bits per heavy atom. The summed E-state index contributed by atoms with van der Waals surface area (Å²) in [6.07, 6.45) is -0.373. The molecule has 10 nitrogen and oxygen atoms in total. The highest BCUT2D eigenvalue weighted by molar-refractivity contribution is 5.98. The van der Waals surface area contributed by atoms with Gasteiger partial charge in [0.1, 0.15) is 23.7 Å². The molecule has 1 aromatic heterocycles. The zero-order valence-corrected chi connectivity index (χ0v) is 25.2. The average Bonchev–Trinajstić information content (AvgIpc) is 3.03. The van der Waals surface area contributed by atoms with Gasteiger partial charge in [-0.05, 0) is 48.7 Å². The van der Waals surface area contributed by atoms with E-state index < -0.39 is 48.7 Å². The third-order valence-electron chi connectivity index (χ3n) is 6.58. The van der Waals surface area contributed by atoms with Crippen molar-refractivity contribution in [3.05, 3.63) is 108 Å². The van der Waals surface area contributed by atoms with E-state index in [0.29, 0.717) is 5.56 Å². The Labute approximate surface area is 260 Å². The standard InChI is InChI=1S/C34H33FN2O8/c1-21(37-33(39)30-32(43-20-42-23(3)38)29(41-4)16-17-36-30)34(40)44-22(2)31(45-28-15-9-14-27(35)19-28)26-13-8-12-25(18-26)24-10-6-5-7-11-24/h5-19,21-22,31H,20H2,1-4H3,(H,37,39)/t21-,22-,31-/m0/s1. The van der Waals surface area contributed by atoms with E-state index in [-0.39, 0.29) is 22.9 Å². The van der Waals surface area contributed by atoms with E-state index in [1.807, 2.05) is 54.6 Å². The van der Waals surface area contributed by atoms with Crippen molar-refractivity contribution in [1.82, 2.24) is 10.3 Å². The number of carbonyl (C=O) groups is 3. The number of hydrogen-bond donors (Lipinski definition) is 1. The molecule has 234 valence electrons. The van der Waals surface area contributed by atoms with Gasteiger partial charge in [0.15, 0.2) is 23.3 Å². The molecule has 1 amide bonds. The lowest BCUT2D eigenvalue weighted by atomic mass is 9.98. The number of methoxy groups -OCH3 is 1. The van der Waals surface area contributed by atoms with E-state index in [1.165, 1.54) is 51.4 Å². The second-order valence-electron chi connectivity index (χ2n) is 9.91. The highest BCUT2D eigenvalue weighted by Crippen LogP contribution is 2.31. The van der Waals surface area contributed by atoms with Crippen molar-refractivity contribution in [3.8, 4) is 28.4 Å². The van der Waals surface area contributed by atoms with Crippen LogP contribution in [0.5, 0.6) is 17.2 Å². The molecule has 1 heterocycles. The lowest BCUT2D eigenvalue weighted by molar-refractivity contribution is -0.155. The highest BCUT2D eigenvalue weighted by Gasteiger charge is 2.29. The van der Waals surface area contributed by atoms with Crippen LogP contribution in [0.1, 0.15) is 42.9 Å². The SMILES string of the molecule is COc1ccnc(C(=O)N[C@@H](C)C(=O)O[C@@H](C)[C@H](Oc2cccc(F)c2)c2cccc(-c3ccccc3)c2)c1OCOC(C)=O. The second kappa shape index (κ2) is 15.3. The molecular formula is C34H33FN2O8. The molecule has 0 saturated carbocycles. The van der Waals surface area contributed by atoms with Crippen molar-refractivity contribution in [2.45, 2.75) is 39.0 Å². The number of rotatable bonds is 13. The zero-order valence-electron chi connectivity index (χ0n) is 25.2. The maximum atomic E-state index is 14.0. The predicted octanol–water partition coefficient (Wildman–Crippen LogP) is 5.67. The molecule has 0 radical (unpaired) electrons. The summed E-state index contributed by atoms with van der Waals surface area (Å²) in [6, 6.07) is 23.3.